The first-order valence-electron chi connectivity index (χ1n) is 5.77. The van der Waals surface area contributed by atoms with Crippen LogP contribution in [0.2, 0.25) is 0 Å². The predicted octanol–water partition coefficient (Wildman–Crippen LogP) is -0.912. The average Bonchev–Trinajstić information content (AvgIpc) is 2.78. The molecule has 2 fully saturated rings. The molecule has 0 aromatic heterocycles. The second-order valence-corrected chi connectivity index (χ2v) is 5.91. The second-order valence-electron chi connectivity index (χ2n) is 4.64. The Labute approximate surface area is 108 Å². The van der Waals surface area contributed by atoms with Crippen LogP contribution in [-0.2, 0) is 4.79 Å². The van der Waals surface area contributed by atoms with Crippen molar-refractivity contribution in [2.75, 3.05) is 5.75 Å². The van der Waals surface area contributed by atoms with Crippen LogP contribution >= 0.6 is 11.8 Å². The van der Waals surface area contributed by atoms with Gasteiger partial charge in [-0.3, -0.25) is 0 Å². The zero-order chi connectivity index (χ0) is 13.3. The second kappa shape index (κ2) is 4.94. The fraction of sp³-hybridized carbons (Fsp3) is 0.800. The first-order valence-corrected chi connectivity index (χ1v) is 6.82. The van der Waals surface area contributed by atoms with Gasteiger partial charge >= 0.3 is 12.0 Å². The van der Waals surface area contributed by atoms with Gasteiger partial charge in [0.1, 0.15) is 0 Å². The molecule has 0 bridgehead atoms. The lowest BCUT2D eigenvalue weighted by molar-refractivity contribution is -0.205. The first kappa shape index (κ1) is 13.4. The van der Waals surface area contributed by atoms with Crippen LogP contribution < -0.4 is 10.6 Å². The standard InChI is InChI=1S/C10H16N2O5S/c13-8(14)10(16,17)3-1-2-6-7-5(4-18-6)11-9(15)12-7/h5-7,16-17H,1-4H2,(H,13,14)(H2,11,12,15)/t5-,6-,7-/m0/s1. The SMILES string of the molecule is O=C1N[C@H]2[C@H](CS[C@H]2CCCC(O)(O)C(=O)O)N1. The van der Waals surface area contributed by atoms with Crippen molar-refractivity contribution >= 4 is 23.8 Å². The number of nitrogens with one attached hydrogen (secondary N) is 2. The first-order chi connectivity index (χ1) is 8.40. The molecule has 2 amide bonds. The largest absolute Gasteiger partial charge is 0.477 e. The van der Waals surface area contributed by atoms with Crippen molar-refractivity contribution in [2.24, 2.45) is 0 Å². The van der Waals surface area contributed by atoms with Gasteiger partial charge in [0.25, 0.3) is 5.79 Å². The van der Waals surface area contributed by atoms with Gasteiger partial charge in [-0.2, -0.15) is 11.8 Å². The van der Waals surface area contributed by atoms with E-state index in [9.17, 15) is 9.59 Å². The molecule has 3 atom stereocenters. The Morgan fingerprint density at radius 2 is 2.17 bits per heavy atom. The van der Waals surface area contributed by atoms with Gasteiger partial charge in [0.15, 0.2) is 0 Å². The van der Waals surface area contributed by atoms with Crippen LogP contribution in [0.3, 0.4) is 0 Å². The van der Waals surface area contributed by atoms with E-state index in [1.165, 1.54) is 0 Å². The van der Waals surface area contributed by atoms with Crippen LogP contribution in [0.5, 0.6) is 0 Å². The normalized spacial score (nSPS) is 30.8. The van der Waals surface area contributed by atoms with Crippen LogP contribution in [0.1, 0.15) is 19.3 Å². The summed E-state index contributed by atoms with van der Waals surface area (Å²) in [6, 6.07) is 0.0126. The number of amides is 2. The van der Waals surface area contributed by atoms with Crippen LogP contribution in [0.4, 0.5) is 4.79 Å². The zero-order valence-corrected chi connectivity index (χ0v) is 10.4. The molecule has 2 heterocycles. The summed E-state index contributed by atoms with van der Waals surface area (Å²) in [7, 11) is 0. The molecule has 8 heteroatoms. The summed E-state index contributed by atoms with van der Waals surface area (Å²) in [5.41, 5.74) is 0. The van der Waals surface area contributed by atoms with Gasteiger partial charge in [-0.05, 0) is 12.8 Å². The third-order valence-corrected chi connectivity index (χ3v) is 4.80. The molecule has 0 aromatic rings. The molecular weight excluding hydrogens is 260 g/mol. The highest BCUT2D eigenvalue weighted by atomic mass is 32.2. The molecule has 0 aliphatic carbocycles. The van der Waals surface area contributed by atoms with E-state index in [4.69, 9.17) is 15.3 Å². The number of aliphatic carboxylic acids is 1. The van der Waals surface area contributed by atoms with Crippen LogP contribution in [0, 0.1) is 0 Å². The molecule has 2 aliphatic heterocycles. The molecule has 5 N–H and O–H groups in total. The maximum atomic E-state index is 11.1. The molecule has 102 valence electrons. The number of carbonyl (C=O) groups is 2. The quantitative estimate of drug-likeness (QED) is 0.327. The topological polar surface area (TPSA) is 119 Å². The van der Waals surface area contributed by atoms with Gasteiger partial charge in [0.05, 0.1) is 12.1 Å². The van der Waals surface area contributed by atoms with E-state index >= 15 is 0 Å². The number of hydrogen-bond donors (Lipinski definition) is 5. The summed E-state index contributed by atoms with van der Waals surface area (Å²) in [5.74, 6) is -3.45. The molecule has 0 radical (unpaired) electrons. The van der Waals surface area contributed by atoms with Crippen LogP contribution in [0.25, 0.3) is 0 Å². The zero-order valence-electron chi connectivity index (χ0n) is 9.63. The molecule has 7 nitrogen and oxygen atoms in total. The van der Waals surface area contributed by atoms with Gasteiger partial charge in [-0.1, -0.05) is 0 Å². The number of aliphatic hydroxyl groups is 2. The van der Waals surface area contributed by atoms with Crippen molar-refractivity contribution in [1.29, 1.82) is 0 Å². The van der Waals surface area contributed by atoms with Gasteiger partial charge < -0.3 is 26.0 Å². The lowest BCUT2D eigenvalue weighted by atomic mass is 10.0. The minimum Gasteiger partial charge on any atom is -0.477 e. The molecule has 0 spiro atoms. The Bertz CT molecular complexity index is 362. The van der Waals surface area contributed by atoms with Crippen molar-refractivity contribution in [3.05, 3.63) is 0 Å². The van der Waals surface area contributed by atoms with E-state index in [-0.39, 0.29) is 29.8 Å². The molecule has 18 heavy (non-hydrogen) atoms. The maximum Gasteiger partial charge on any atom is 0.364 e. The van der Waals surface area contributed by atoms with Gasteiger partial charge in [-0.25, -0.2) is 9.59 Å². The summed E-state index contributed by atoms with van der Waals surface area (Å²) in [4.78, 5) is 21.6. The predicted molar refractivity (Wildman–Crippen MR) is 64.1 cm³/mol. The van der Waals surface area contributed by atoms with Crippen molar-refractivity contribution in [3.8, 4) is 0 Å². The maximum absolute atomic E-state index is 11.1. The molecule has 2 aliphatic rings. The highest BCUT2D eigenvalue weighted by Gasteiger charge is 2.43. The molecule has 0 unspecified atom stereocenters. The number of carbonyl (C=O) groups excluding carboxylic acids is 1. The van der Waals surface area contributed by atoms with Crippen molar-refractivity contribution in [3.63, 3.8) is 0 Å². The Hall–Kier alpha value is -0.990. The lowest BCUT2D eigenvalue weighted by Gasteiger charge is -2.19. The van der Waals surface area contributed by atoms with E-state index in [0.29, 0.717) is 12.8 Å². The van der Waals surface area contributed by atoms with Crippen molar-refractivity contribution in [2.45, 2.75) is 42.4 Å². The van der Waals surface area contributed by atoms with Crippen LogP contribution in [-0.4, -0.2) is 56.2 Å². The summed E-state index contributed by atoms with van der Waals surface area (Å²) in [6.07, 6.45) is 0.818. The molecule has 0 aromatic carbocycles. The summed E-state index contributed by atoms with van der Waals surface area (Å²) >= 11 is 1.71. The average molecular weight is 276 g/mol. The van der Waals surface area contributed by atoms with Gasteiger partial charge in [0.2, 0.25) is 0 Å². The van der Waals surface area contributed by atoms with E-state index < -0.39 is 11.8 Å². The Balaban J connectivity index is 1.78. The smallest absolute Gasteiger partial charge is 0.364 e. The van der Waals surface area contributed by atoms with E-state index in [0.717, 1.165) is 5.75 Å². The third kappa shape index (κ3) is 2.70. The Morgan fingerprint density at radius 1 is 1.44 bits per heavy atom. The fourth-order valence-electron chi connectivity index (χ4n) is 2.30. The summed E-state index contributed by atoms with van der Waals surface area (Å²) < 4.78 is 0. The van der Waals surface area contributed by atoms with E-state index in [1.807, 2.05) is 0 Å². The third-order valence-electron chi connectivity index (χ3n) is 3.29. The van der Waals surface area contributed by atoms with E-state index in [2.05, 4.69) is 10.6 Å². The van der Waals surface area contributed by atoms with Gasteiger partial charge in [0, 0.05) is 17.4 Å². The Kier molecular flexibility index (Phi) is 3.69. The summed E-state index contributed by atoms with van der Waals surface area (Å²) in [6.45, 7) is 0. The molecule has 2 rings (SSSR count). The van der Waals surface area contributed by atoms with Gasteiger partial charge in [-0.15, -0.1) is 0 Å². The number of thioether (sulfide) groups is 1. The monoisotopic (exact) mass is 276 g/mol. The summed E-state index contributed by atoms with van der Waals surface area (Å²) in [5, 5.41) is 32.7. The molecule has 0 saturated carbocycles. The van der Waals surface area contributed by atoms with Crippen molar-refractivity contribution in [1.82, 2.24) is 10.6 Å². The number of hydrogen-bond acceptors (Lipinski definition) is 5. The lowest BCUT2D eigenvalue weighted by Crippen LogP contribution is -2.39. The number of carboxylic acids is 1. The number of rotatable bonds is 5. The Morgan fingerprint density at radius 3 is 2.83 bits per heavy atom. The van der Waals surface area contributed by atoms with E-state index in [1.54, 1.807) is 11.8 Å². The number of urea groups is 1. The molecule has 2 saturated heterocycles. The minimum absolute atomic E-state index is 0.0547. The number of fused-ring (bicyclic) bond motifs is 1. The minimum atomic E-state index is -2.65. The fourth-order valence-corrected chi connectivity index (χ4v) is 3.84. The highest BCUT2D eigenvalue weighted by molar-refractivity contribution is 8.00. The van der Waals surface area contributed by atoms with Crippen LogP contribution in [0.15, 0.2) is 0 Å². The molecular formula is C10H16N2O5S. The van der Waals surface area contributed by atoms with Crippen molar-refractivity contribution < 1.29 is 24.9 Å². The number of carboxylic acid groups (broad SMARTS) is 1. The highest BCUT2D eigenvalue weighted by Crippen LogP contribution is 2.33.